The molecule has 4 aliphatic rings. The van der Waals surface area contributed by atoms with Crippen LogP contribution in [-0.4, -0.2) is 79.3 Å². The Morgan fingerprint density at radius 2 is 0.955 bits per heavy atom. The molecule has 250 valence electrons. The zero-order chi connectivity index (χ0) is 30.9. The van der Waals surface area contributed by atoms with E-state index >= 15 is 0 Å². The molecule has 0 aromatic heterocycles. The van der Waals surface area contributed by atoms with Gasteiger partial charge in [-0.2, -0.15) is 0 Å². The van der Waals surface area contributed by atoms with Gasteiger partial charge in [0, 0.05) is 21.7 Å². The van der Waals surface area contributed by atoms with Gasteiger partial charge < -0.3 is 46.1 Å². The molecule has 14 heteroatoms. The number of rotatable bonds is 22. The predicted molar refractivity (Wildman–Crippen MR) is 169 cm³/mol. The Kier molecular flexibility index (Phi) is 12.9. The van der Waals surface area contributed by atoms with Crippen molar-refractivity contribution in [2.24, 2.45) is 21.7 Å². The third kappa shape index (κ3) is 9.00. The van der Waals surface area contributed by atoms with Crippen molar-refractivity contribution in [3.63, 3.8) is 0 Å². The Morgan fingerprint density at radius 3 is 1.34 bits per heavy atom. The lowest BCUT2D eigenvalue weighted by Gasteiger charge is -2.42. The fraction of sp³-hybridized carbons (Fsp3) is 0.800. The monoisotopic (exact) mass is 678 g/mol. The lowest BCUT2D eigenvalue weighted by atomic mass is 9.84. The molecule has 0 radical (unpaired) electrons. The third-order valence-electron chi connectivity index (χ3n) is 9.43. The van der Waals surface area contributed by atoms with Crippen LogP contribution in [0, 0.1) is 21.7 Å². The highest BCUT2D eigenvalue weighted by Gasteiger charge is 2.43. The zero-order valence-corrected chi connectivity index (χ0v) is 29.3. The third-order valence-corrected chi connectivity index (χ3v) is 12.5. The molecule has 0 N–H and O–H groups in total. The van der Waals surface area contributed by atoms with E-state index in [-0.39, 0.29) is 30.7 Å². The fourth-order valence-electron chi connectivity index (χ4n) is 4.81. The molecule has 11 nitrogen and oxygen atoms in total. The molecule has 1 aromatic rings. The fourth-order valence-corrected chi connectivity index (χ4v) is 8.16. The standard InChI is InChI=1S/C30H49O11P3/c1-5-27(13-31-14-27)21-35-42-39-25-9-11-26(12-10-25)40-44(38-24-30(8-4)19-34-20-30)41-43(36-22-28(6-2)15-32-16-28)37-23-29(7-3)17-33-18-29/h9-12,42H,5-8,13-24H2,1-4H3. The van der Waals surface area contributed by atoms with Crippen molar-refractivity contribution in [2.75, 3.05) is 79.3 Å². The molecule has 5 rings (SSSR count). The van der Waals surface area contributed by atoms with Crippen LogP contribution in [0.2, 0.25) is 0 Å². The van der Waals surface area contributed by atoms with Crippen LogP contribution in [0.3, 0.4) is 0 Å². The van der Waals surface area contributed by atoms with Crippen molar-refractivity contribution in [3.8, 4) is 11.5 Å². The Balaban J connectivity index is 1.19. The van der Waals surface area contributed by atoms with E-state index in [9.17, 15) is 0 Å². The van der Waals surface area contributed by atoms with Crippen molar-refractivity contribution in [2.45, 2.75) is 53.4 Å². The summed E-state index contributed by atoms with van der Waals surface area (Å²) in [4.78, 5) is 0. The summed E-state index contributed by atoms with van der Waals surface area (Å²) >= 11 is 0. The minimum Gasteiger partial charge on any atom is -0.450 e. The highest BCUT2D eigenvalue weighted by atomic mass is 31.2. The van der Waals surface area contributed by atoms with Gasteiger partial charge in [0.1, 0.15) is 11.5 Å². The first-order valence-electron chi connectivity index (χ1n) is 15.7. The second kappa shape index (κ2) is 16.2. The quantitative estimate of drug-likeness (QED) is 0.0920. The highest BCUT2D eigenvalue weighted by molar-refractivity contribution is 7.55. The molecular weight excluding hydrogens is 629 g/mol. The number of hydrogen-bond donors (Lipinski definition) is 0. The highest BCUT2D eigenvalue weighted by Crippen LogP contribution is 2.58. The zero-order valence-electron chi connectivity index (χ0n) is 26.5. The van der Waals surface area contributed by atoms with Crippen molar-refractivity contribution in [3.05, 3.63) is 24.3 Å². The lowest BCUT2D eigenvalue weighted by Crippen LogP contribution is -2.46. The van der Waals surface area contributed by atoms with Crippen LogP contribution in [0.1, 0.15) is 53.4 Å². The number of hydrogen-bond acceptors (Lipinski definition) is 11. The predicted octanol–water partition coefficient (Wildman–Crippen LogP) is 7.20. The van der Waals surface area contributed by atoms with Crippen LogP contribution in [0.4, 0.5) is 0 Å². The van der Waals surface area contributed by atoms with Crippen molar-refractivity contribution >= 4 is 26.2 Å². The summed E-state index contributed by atoms with van der Waals surface area (Å²) in [6.45, 7) is 16.2. The van der Waals surface area contributed by atoms with E-state index in [1.807, 2.05) is 24.3 Å². The van der Waals surface area contributed by atoms with Crippen molar-refractivity contribution < 1.29 is 50.4 Å². The van der Waals surface area contributed by atoms with Gasteiger partial charge in [0.2, 0.25) is 9.03 Å². The summed E-state index contributed by atoms with van der Waals surface area (Å²) in [6, 6.07) is 7.40. The van der Waals surface area contributed by atoms with Gasteiger partial charge >= 0.3 is 17.2 Å². The molecule has 0 aliphatic carbocycles. The van der Waals surface area contributed by atoms with Crippen molar-refractivity contribution in [1.82, 2.24) is 0 Å². The molecule has 4 aliphatic heterocycles. The second-order valence-electron chi connectivity index (χ2n) is 12.8. The average molecular weight is 679 g/mol. The second-order valence-corrected chi connectivity index (χ2v) is 15.9. The van der Waals surface area contributed by atoms with E-state index in [0.29, 0.717) is 77.6 Å². The molecule has 4 fully saturated rings. The van der Waals surface area contributed by atoms with Gasteiger partial charge in [-0.1, -0.05) is 27.7 Å². The average Bonchev–Trinajstić information content (AvgIpc) is 2.96. The van der Waals surface area contributed by atoms with Crippen LogP contribution >= 0.6 is 26.2 Å². The molecule has 1 aromatic carbocycles. The van der Waals surface area contributed by atoms with Gasteiger partial charge in [-0.05, 0) is 49.9 Å². The largest absolute Gasteiger partial charge is 0.450 e. The molecule has 2 atom stereocenters. The van der Waals surface area contributed by atoms with E-state index in [0.717, 1.165) is 38.9 Å². The summed E-state index contributed by atoms with van der Waals surface area (Å²) in [5.74, 6) is 1.30. The minimum atomic E-state index is -1.84. The molecule has 44 heavy (non-hydrogen) atoms. The Bertz CT molecular complexity index is 952. The summed E-state index contributed by atoms with van der Waals surface area (Å²) in [7, 11) is -3.69. The smallest absolute Gasteiger partial charge is 0.404 e. The molecule has 0 amide bonds. The Morgan fingerprint density at radius 1 is 0.568 bits per heavy atom. The molecule has 4 heterocycles. The van der Waals surface area contributed by atoms with Crippen LogP contribution in [0.25, 0.3) is 0 Å². The van der Waals surface area contributed by atoms with Gasteiger partial charge in [-0.15, -0.1) is 0 Å². The SMILES string of the molecule is CCC1(COPOc2ccc(OP(OCC3(CC)COC3)OP(OCC3(CC)COC3)OCC3(CC)COC3)cc2)COC1. The molecule has 4 saturated heterocycles. The maximum Gasteiger partial charge on any atom is 0.404 e. The normalized spacial score (nSPS) is 23.4. The van der Waals surface area contributed by atoms with Gasteiger partial charge in [-0.3, -0.25) is 0 Å². The maximum absolute atomic E-state index is 6.41. The first-order valence-corrected chi connectivity index (χ1v) is 18.7. The first kappa shape index (κ1) is 35.1. The van der Waals surface area contributed by atoms with Crippen LogP contribution in [0.15, 0.2) is 24.3 Å². The molecule has 0 saturated carbocycles. The molecule has 0 spiro atoms. The lowest BCUT2D eigenvalue weighted by molar-refractivity contribution is -0.143. The number of benzene rings is 1. The maximum atomic E-state index is 6.41. The number of ether oxygens (including phenoxy) is 4. The van der Waals surface area contributed by atoms with E-state index in [2.05, 4.69) is 27.7 Å². The van der Waals surface area contributed by atoms with E-state index in [4.69, 9.17) is 50.4 Å². The summed E-state index contributed by atoms with van der Waals surface area (Å²) in [5, 5.41) is 0. The summed E-state index contributed by atoms with van der Waals surface area (Å²) in [6.07, 6.45) is 3.88. The molecular formula is C30H49O11P3. The van der Waals surface area contributed by atoms with E-state index in [1.54, 1.807) is 0 Å². The van der Waals surface area contributed by atoms with E-state index < -0.39 is 17.2 Å². The summed E-state index contributed by atoms with van der Waals surface area (Å²) in [5.41, 5.74) is 0.0612. The Labute approximate surface area is 266 Å². The molecule has 0 bridgehead atoms. The van der Waals surface area contributed by atoms with Gasteiger partial charge in [0.15, 0.2) is 0 Å². The first-order chi connectivity index (χ1) is 21.4. The molecule has 2 unspecified atom stereocenters. The van der Waals surface area contributed by atoms with Crippen LogP contribution in [-0.2, 0) is 41.4 Å². The van der Waals surface area contributed by atoms with Crippen molar-refractivity contribution in [1.29, 1.82) is 0 Å². The Hall–Kier alpha value is -0.250. The van der Waals surface area contributed by atoms with Gasteiger partial charge in [0.25, 0.3) is 0 Å². The topological polar surface area (TPSA) is 102 Å². The minimum absolute atomic E-state index is 0.0156. The summed E-state index contributed by atoms with van der Waals surface area (Å²) < 4.78 is 65.2. The van der Waals surface area contributed by atoms with E-state index in [1.165, 1.54) is 0 Å². The van der Waals surface area contributed by atoms with Gasteiger partial charge in [0.05, 0.1) is 79.3 Å². The van der Waals surface area contributed by atoms with Crippen LogP contribution < -0.4 is 9.05 Å². The van der Waals surface area contributed by atoms with Crippen LogP contribution in [0.5, 0.6) is 11.5 Å². The van der Waals surface area contributed by atoms with Gasteiger partial charge in [-0.25, -0.2) is 4.31 Å².